The van der Waals surface area contributed by atoms with Crippen molar-refractivity contribution in [2.45, 2.75) is 70.4 Å². The van der Waals surface area contributed by atoms with E-state index >= 15 is 0 Å². The topological polar surface area (TPSA) is 82.6 Å². The van der Waals surface area contributed by atoms with Crippen LogP contribution in [0.25, 0.3) is 0 Å². The third-order valence-corrected chi connectivity index (χ3v) is 4.45. The van der Waals surface area contributed by atoms with E-state index in [1.54, 1.807) is 0 Å². The molecule has 1 spiro atoms. The van der Waals surface area contributed by atoms with Crippen LogP contribution < -0.4 is 5.32 Å². The minimum absolute atomic E-state index is 0.265. The molecule has 1 amide bonds. The van der Waals surface area contributed by atoms with E-state index in [0.29, 0.717) is 17.6 Å². The molecular formula is C15H23N3O4S. The zero-order chi connectivity index (χ0) is 16.5. The van der Waals surface area contributed by atoms with Crippen LogP contribution in [0.15, 0.2) is 0 Å². The third kappa shape index (κ3) is 4.19. The number of hydrogen-bond acceptors (Lipinski definition) is 7. The number of amides is 1. The smallest absolute Gasteiger partial charge is 0.414 e. The Bertz CT molecular complexity index is 563. The Morgan fingerprint density at radius 1 is 1.35 bits per heavy atom. The van der Waals surface area contributed by atoms with Gasteiger partial charge in [0.1, 0.15) is 11.7 Å². The van der Waals surface area contributed by atoms with Gasteiger partial charge >= 0.3 is 6.09 Å². The van der Waals surface area contributed by atoms with Gasteiger partial charge in [-0.15, -0.1) is 0 Å². The van der Waals surface area contributed by atoms with Gasteiger partial charge in [0.25, 0.3) is 0 Å². The molecule has 1 aliphatic carbocycles. The van der Waals surface area contributed by atoms with Crippen LogP contribution in [0.1, 0.15) is 64.8 Å². The van der Waals surface area contributed by atoms with Gasteiger partial charge in [-0.3, -0.25) is 5.32 Å². The maximum atomic E-state index is 11.8. The molecule has 2 aliphatic rings. The van der Waals surface area contributed by atoms with Crippen molar-refractivity contribution in [3.63, 3.8) is 0 Å². The predicted octanol–water partition coefficient (Wildman–Crippen LogP) is 3.63. The molecule has 2 fully saturated rings. The van der Waals surface area contributed by atoms with Crippen LogP contribution in [0.5, 0.6) is 0 Å². The summed E-state index contributed by atoms with van der Waals surface area (Å²) in [6, 6.07) is 0. The molecule has 23 heavy (non-hydrogen) atoms. The molecule has 0 bridgehead atoms. The Kier molecular flexibility index (Phi) is 4.57. The van der Waals surface area contributed by atoms with Crippen molar-refractivity contribution in [2.75, 3.05) is 11.9 Å². The maximum absolute atomic E-state index is 11.8. The maximum Gasteiger partial charge on any atom is 0.414 e. The number of hydrogen-bond donors (Lipinski definition) is 1. The Morgan fingerprint density at radius 3 is 2.78 bits per heavy atom. The minimum atomic E-state index is -0.548. The lowest BCUT2D eigenvalue weighted by Crippen LogP contribution is -2.32. The van der Waals surface area contributed by atoms with Gasteiger partial charge in [-0.2, -0.15) is 4.37 Å². The molecule has 8 heteroatoms. The molecule has 1 saturated heterocycles. The van der Waals surface area contributed by atoms with E-state index in [1.807, 2.05) is 20.8 Å². The number of carbonyl (C=O) groups excluding carboxylic acids is 1. The summed E-state index contributed by atoms with van der Waals surface area (Å²) in [7, 11) is 0. The first-order valence-corrected chi connectivity index (χ1v) is 8.78. The Morgan fingerprint density at radius 2 is 2.09 bits per heavy atom. The quantitative estimate of drug-likeness (QED) is 0.884. The standard InChI is InChI=1S/C15H23N3O4S/c1-14(2,3)22-13(19)17-12-16-11(18-23-12)10-9-20-15(21-10)7-5-4-6-8-15/h10H,4-9H2,1-3H3,(H,16,17,18,19)/t10-/m1/s1. The summed E-state index contributed by atoms with van der Waals surface area (Å²) < 4.78 is 21.5. The van der Waals surface area contributed by atoms with Gasteiger partial charge in [0.15, 0.2) is 11.6 Å². The first-order valence-electron chi connectivity index (χ1n) is 8.01. The largest absolute Gasteiger partial charge is 0.444 e. The number of rotatable bonds is 2. The van der Waals surface area contributed by atoms with Crippen LogP contribution in [-0.4, -0.2) is 33.4 Å². The van der Waals surface area contributed by atoms with Crippen molar-refractivity contribution in [2.24, 2.45) is 0 Å². The highest BCUT2D eigenvalue weighted by molar-refractivity contribution is 7.09. The first kappa shape index (κ1) is 16.6. The van der Waals surface area contributed by atoms with E-state index in [4.69, 9.17) is 14.2 Å². The summed E-state index contributed by atoms with van der Waals surface area (Å²) in [5, 5.41) is 3.01. The van der Waals surface area contributed by atoms with Gasteiger partial charge in [-0.1, -0.05) is 6.42 Å². The molecule has 0 radical (unpaired) electrons. The van der Waals surface area contributed by atoms with E-state index in [0.717, 1.165) is 37.2 Å². The lowest BCUT2D eigenvalue weighted by Gasteiger charge is -2.31. The number of nitrogens with one attached hydrogen (secondary N) is 1. The molecule has 1 atom stereocenters. The van der Waals surface area contributed by atoms with Crippen molar-refractivity contribution < 1.29 is 19.0 Å². The van der Waals surface area contributed by atoms with Gasteiger partial charge in [0, 0.05) is 24.4 Å². The summed E-state index contributed by atoms with van der Waals surface area (Å²) in [5.74, 6) is 0.107. The summed E-state index contributed by atoms with van der Waals surface area (Å²) in [6.07, 6.45) is 4.54. The van der Waals surface area contributed by atoms with Gasteiger partial charge < -0.3 is 14.2 Å². The van der Waals surface area contributed by atoms with Crippen molar-refractivity contribution in [3.8, 4) is 0 Å². The van der Waals surface area contributed by atoms with E-state index in [2.05, 4.69) is 14.7 Å². The van der Waals surface area contributed by atoms with Crippen LogP contribution >= 0.6 is 11.5 Å². The second kappa shape index (κ2) is 6.33. The number of anilines is 1. The molecule has 1 aliphatic heterocycles. The summed E-state index contributed by atoms with van der Waals surface area (Å²) in [5.41, 5.74) is -0.548. The first-order chi connectivity index (χ1) is 10.9. The van der Waals surface area contributed by atoms with Gasteiger partial charge in [0.2, 0.25) is 5.13 Å². The fraction of sp³-hybridized carbons (Fsp3) is 0.800. The minimum Gasteiger partial charge on any atom is -0.444 e. The molecule has 1 aromatic rings. The molecule has 7 nitrogen and oxygen atoms in total. The predicted molar refractivity (Wildman–Crippen MR) is 85.4 cm³/mol. The molecule has 2 heterocycles. The van der Waals surface area contributed by atoms with E-state index < -0.39 is 17.5 Å². The van der Waals surface area contributed by atoms with Crippen molar-refractivity contribution in [1.82, 2.24) is 9.36 Å². The number of aromatic nitrogens is 2. The van der Waals surface area contributed by atoms with Gasteiger partial charge in [0.05, 0.1) is 6.61 Å². The molecule has 0 unspecified atom stereocenters. The second-order valence-electron chi connectivity index (χ2n) is 6.97. The SMILES string of the molecule is CC(C)(C)OC(=O)Nc1nc([C@H]2COC3(CCCCC3)O2)ns1. The average molecular weight is 341 g/mol. The highest BCUT2D eigenvalue weighted by Crippen LogP contribution is 2.42. The average Bonchev–Trinajstić information content (AvgIpc) is 3.05. The lowest BCUT2D eigenvalue weighted by atomic mass is 9.94. The molecule has 1 N–H and O–H groups in total. The summed E-state index contributed by atoms with van der Waals surface area (Å²) in [6.45, 7) is 5.89. The van der Waals surface area contributed by atoms with Gasteiger partial charge in [-0.05, 0) is 33.6 Å². The fourth-order valence-electron chi connectivity index (χ4n) is 2.84. The Balaban J connectivity index is 1.58. The molecular weight excluding hydrogens is 318 g/mol. The number of nitrogens with zero attached hydrogens (tertiary/aromatic N) is 2. The van der Waals surface area contributed by atoms with Crippen LogP contribution in [-0.2, 0) is 14.2 Å². The number of ether oxygens (including phenoxy) is 3. The third-order valence-electron chi connectivity index (χ3n) is 3.81. The molecule has 0 aromatic carbocycles. The summed E-state index contributed by atoms with van der Waals surface area (Å²) >= 11 is 1.12. The van der Waals surface area contributed by atoms with Crippen LogP contribution in [0.3, 0.4) is 0 Å². The van der Waals surface area contributed by atoms with Crippen LogP contribution in [0.2, 0.25) is 0 Å². The monoisotopic (exact) mass is 341 g/mol. The van der Waals surface area contributed by atoms with E-state index in [9.17, 15) is 4.79 Å². The van der Waals surface area contributed by atoms with Crippen molar-refractivity contribution in [3.05, 3.63) is 5.82 Å². The zero-order valence-corrected chi connectivity index (χ0v) is 14.6. The lowest BCUT2D eigenvalue weighted by molar-refractivity contribution is -0.188. The van der Waals surface area contributed by atoms with E-state index in [1.165, 1.54) is 6.42 Å². The van der Waals surface area contributed by atoms with Gasteiger partial charge in [-0.25, -0.2) is 9.78 Å². The highest BCUT2D eigenvalue weighted by atomic mass is 32.1. The van der Waals surface area contributed by atoms with Crippen LogP contribution in [0.4, 0.5) is 9.93 Å². The van der Waals surface area contributed by atoms with Crippen molar-refractivity contribution >= 4 is 22.8 Å². The normalized spacial score (nSPS) is 23.9. The molecule has 128 valence electrons. The molecule has 1 aromatic heterocycles. The summed E-state index contributed by atoms with van der Waals surface area (Å²) in [4.78, 5) is 16.1. The van der Waals surface area contributed by atoms with Crippen LogP contribution in [0, 0.1) is 0 Å². The molecule has 1 saturated carbocycles. The Hall–Kier alpha value is -1.25. The Labute approximate surface area is 139 Å². The van der Waals surface area contributed by atoms with Crippen molar-refractivity contribution in [1.29, 1.82) is 0 Å². The second-order valence-corrected chi connectivity index (χ2v) is 7.73. The zero-order valence-electron chi connectivity index (χ0n) is 13.8. The number of carbonyl (C=O) groups is 1. The van der Waals surface area contributed by atoms with E-state index in [-0.39, 0.29) is 6.10 Å². The molecule has 3 rings (SSSR count). The highest BCUT2D eigenvalue weighted by Gasteiger charge is 2.44. The fourth-order valence-corrected chi connectivity index (χ4v) is 3.44.